The Morgan fingerprint density at radius 2 is 0.714 bits per heavy atom. The molecule has 1 nitrogen and oxygen atoms in total. The first-order valence-corrected chi connectivity index (χ1v) is 16.3. The highest BCUT2D eigenvalue weighted by Gasteiger charge is 2.08. The molecule has 204 valence electrons. The Labute approximate surface area is 221 Å². The van der Waals surface area contributed by atoms with Gasteiger partial charge in [0.2, 0.25) is 0 Å². The first kappa shape index (κ1) is 32.2. The largest absolute Gasteiger partial charge is 0.205 e. The molecule has 1 heterocycles. The fourth-order valence-corrected chi connectivity index (χ4v) is 5.36. The normalized spacial score (nSPS) is 11.4. The molecular weight excluding hydrogens is 422 g/mol. The van der Waals surface area contributed by atoms with Crippen molar-refractivity contribution in [2.24, 2.45) is 0 Å². The van der Waals surface area contributed by atoms with Gasteiger partial charge in [-0.1, -0.05) is 143 Å². The molecule has 0 aliphatic carbocycles. The molecule has 1 aromatic heterocycles. The molecule has 0 fully saturated rings. The van der Waals surface area contributed by atoms with E-state index in [1.807, 2.05) is 0 Å². The van der Waals surface area contributed by atoms with Gasteiger partial charge in [0.1, 0.15) is 6.54 Å². The molecule has 0 bridgehead atoms. The molecule has 0 aliphatic rings. The van der Waals surface area contributed by atoms with Crippen molar-refractivity contribution >= 4 is 0 Å². The number of nitrogens with zero attached hydrogens (tertiary/aromatic N) is 1. The predicted molar refractivity (Wildman–Crippen MR) is 157 cm³/mol. The molecule has 35 heavy (non-hydrogen) atoms. The van der Waals surface area contributed by atoms with Gasteiger partial charge in [0.25, 0.3) is 0 Å². The summed E-state index contributed by atoms with van der Waals surface area (Å²) >= 11 is 0. The van der Waals surface area contributed by atoms with Crippen LogP contribution in [-0.2, 0) is 19.4 Å². The summed E-state index contributed by atoms with van der Waals surface area (Å²) in [4.78, 5) is 0. The van der Waals surface area contributed by atoms with Crippen molar-refractivity contribution in [3.05, 3.63) is 29.6 Å². The second-order valence-electron chi connectivity index (χ2n) is 11.4. The summed E-state index contributed by atoms with van der Waals surface area (Å²) in [7, 11) is 0. The van der Waals surface area contributed by atoms with Gasteiger partial charge in [-0.05, 0) is 38.2 Å². The zero-order chi connectivity index (χ0) is 25.2. The number of unbranched alkanes of at least 4 members (excludes halogenated alkanes) is 20. The lowest BCUT2D eigenvalue weighted by molar-refractivity contribution is -0.698. The molecule has 0 radical (unpaired) electrons. The predicted octanol–water partition coefficient (Wildman–Crippen LogP) is 11.1. The Bertz CT molecular complexity index is 535. The van der Waals surface area contributed by atoms with E-state index in [9.17, 15) is 0 Å². The molecule has 1 rings (SSSR count). The van der Waals surface area contributed by atoms with Crippen LogP contribution in [0, 0.1) is 0 Å². The van der Waals surface area contributed by atoms with Gasteiger partial charge in [0.15, 0.2) is 12.4 Å². The van der Waals surface area contributed by atoms with Crippen molar-refractivity contribution in [1.82, 2.24) is 0 Å². The maximum Gasteiger partial charge on any atom is 0.171 e. The molecule has 1 heteroatoms. The van der Waals surface area contributed by atoms with Gasteiger partial charge >= 0.3 is 0 Å². The lowest BCUT2D eigenvalue weighted by Crippen LogP contribution is -2.34. The minimum Gasteiger partial charge on any atom is -0.205 e. The van der Waals surface area contributed by atoms with Crippen LogP contribution in [0.15, 0.2) is 18.5 Å². The molecule has 0 saturated carbocycles. The maximum atomic E-state index is 2.52. The Kier molecular flexibility index (Phi) is 22.8. The summed E-state index contributed by atoms with van der Waals surface area (Å²) in [6.45, 7) is 8.12. The fourth-order valence-electron chi connectivity index (χ4n) is 5.36. The van der Waals surface area contributed by atoms with Gasteiger partial charge < -0.3 is 0 Å². The van der Waals surface area contributed by atoms with E-state index in [2.05, 4.69) is 43.8 Å². The first-order chi connectivity index (χ1) is 17.3. The zero-order valence-electron chi connectivity index (χ0n) is 24.6. The van der Waals surface area contributed by atoms with Gasteiger partial charge in [0, 0.05) is 17.5 Å². The number of aryl methyl sites for hydroxylation is 3. The van der Waals surface area contributed by atoms with Crippen LogP contribution in [-0.4, -0.2) is 0 Å². The summed E-state index contributed by atoms with van der Waals surface area (Å²) < 4.78 is 2.52. The Hall–Kier alpha value is -0.850. The smallest absolute Gasteiger partial charge is 0.171 e. The van der Waals surface area contributed by atoms with Crippen LogP contribution in [0.2, 0.25) is 0 Å². The summed E-state index contributed by atoms with van der Waals surface area (Å²) in [6.07, 6.45) is 40.1. The first-order valence-electron chi connectivity index (χ1n) is 16.3. The quantitative estimate of drug-likeness (QED) is 0.0905. The number of hydrogen-bond acceptors (Lipinski definition) is 0. The summed E-state index contributed by atoms with van der Waals surface area (Å²) in [5.74, 6) is 0. The maximum absolute atomic E-state index is 2.52. The molecule has 0 unspecified atom stereocenters. The van der Waals surface area contributed by atoms with Gasteiger partial charge in [0.05, 0.1) is 0 Å². The van der Waals surface area contributed by atoms with E-state index in [4.69, 9.17) is 0 Å². The van der Waals surface area contributed by atoms with E-state index in [0.29, 0.717) is 0 Å². The molecular formula is C34H64N+. The van der Waals surface area contributed by atoms with Crippen LogP contribution in [0.5, 0.6) is 0 Å². The van der Waals surface area contributed by atoms with E-state index in [-0.39, 0.29) is 0 Å². The third-order valence-electron chi connectivity index (χ3n) is 7.69. The van der Waals surface area contributed by atoms with Gasteiger partial charge in [-0.2, -0.15) is 0 Å². The highest BCUT2D eigenvalue weighted by molar-refractivity contribution is 5.15. The number of aromatic nitrogens is 1. The lowest BCUT2D eigenvalue weighted by Gasteiger charge is -2.06. The topological polar surface area (TPSA) is 3.88 Å². The second kappa shape index (κ2) is 24.8. The molecule has 0 saturated heterocycles. The molecule has 0 N–H and O–H groups in total. The lowest BCUT2D eigenvalue weighted by atomic mass is 10.0. The van der Waals surface area contributed by atoms with Crippen LogP contribution >= 0.6 is 0 Å². The second-order valence-corrected chi connectivity index (χ2v) is 11.4. The minimum atomic E-state index is 1.21. The van der Waals surface area contributed by atoms with Gasteiger partial charge in [-0.25, -0.2) is 4.57 Å². The number of hydrogen-bond donors (Lipinski definition) is 0. The average Bonchev–Trinajstić information content (AvgIpc) is 2.86. The number of rotatable bonds is 26. The van der Waals surface area contributed by atoms with Crippen LogP contribution in [0.1, 0.15) is 180 Å². The highest BCUT2D eigenvalue weighted by Crippen LogP contribution is 2.15. The molecule has 0 amide bonds. The van der Waals surface area contributed by atoms with E-state index >= 15 is 0 Å². The van der Waals surface area contributed by atoms with Crippen molar-refractivity contribution in [3.63, 3.8) is 0 Å². The Morgan fingerprint density at radius 3 is 1.09 bits per heavy atom. The molecule has 0 aromatic carbocycles. The molecule has 0 spiro atoms. The van der Waals surface area contributed by atoms with Crippen molar-refractivity contribution in [1.29, 1.82) is 0 Å². The third kappa shape index (κ3) is 20.0. The van der Waals surface area contributed by atoms with Crippen molar-refractivity contribution in [2.45, 2.75) is 188 Å². The summed E-state index contributed by atoms with van der Waals surface area (Å²) in [5.41, 5.74) is 3.14. The average molecular weight is 487 g/mol. The van der Waals surface area contributed by atoms with Crippen molar-refractivity contribution in [3.8, 4) is 0 Å². The van der Waals surface area contributed by atoms with E-state index in [1.54, 1.807) is 11.1 Å². The third-order valence-corrected chi connectivity index (χ3v) is 7.69. The zero-order valence-corrected chi connectivity index (χ0v) is 24.6. The van der Waals surface area contributed by atoms with E-state index in [0.717, 1.165) is 0 Å². The minimum absolute atomic E-state index is 1.21. The molecule has 0 atom stereocenters. The van der Waals surface area contributed by atoms with E-state index in [1.165, 1.54) is 167 Å². The van der Waals surface area contributed by atoms with Gasteiger partial charge in [-0.15, -0.1) is 0 Å². The Balaban J connectivity index is 2.06. The van der Waals surface area contributed by atoms with Crippen LogP contribution in [0.3, 0.4) is 0 Å². The summed E-state index contributed by atoms with van der Waals surface area (Å²) in [5, 5.41) is 0. The van der Waals surface area contributed by atoms with Crippen molar-refractivity contribution in [2.75, 3.05) is 0 Å². The number of pyridine rings is 1. The SMILES string of the molecule is CCCCCCCCCCCCCCCCCCC[n+]1cc(CCCCC)cc(CCCCC)c1. The molecule has 0 aliphatic heterocycles. The van der Waals surface area contributed by atoms with Gasteiger partial charge in [-0.3, -0.25) is 0 Å². The van der Waals surface area contributed by atoms with Crippen LogP contribution < -0.4 is 4.57 Å². The molecule has 1 aromatic rings. The van der Waals surface area contributed by atoms with Crippen LogP contribution in [0.25, 0.3) is 0 Å². The standard InChI is InChI=1S/C34H64N/c1-4-7-10-11-12-13-14-15-16-17-18-19-20-21-22-23-26-29-35-31-33(27-24-8-5-2)30-34(32-35)28-25-9-6-3/h30-32H,4-29H2,1-3H3/q+1. The fraction of sp³-hybridized carbons (Fsp3) is 0.853. The summed E-state index contributed by atoms with van der Waals surface area (Å²) in [6, 6.07) is 2.50. The Morgan fingerprint density at radius 1 is 0.400 bits per heavy atom. The monoisotopic (exact) mass is 487 g/mol. The highest BCUT2D eigenvalue weighted by atomic mass is 14.9. The van der Waals surface area contributed by atoms with Crippen molar-refractivity contribution < 1.29 is 4.57 Å². The van der Waals surface area contributed by atoms with E-state index < -0.39 is 0 Å². The van der Waals surface area contributed by atoms with Crippen LogP contribution in [0.4, 0.5) is 0 Å².